The van der Waals surface area contributed by atoms with Gasteiger partial charge in [-0.1, -0.05) is 55.5 Å². The Kier molecular flexibility index (Phi) is 8.05. The van der Waals surface area contributed by atoms with E-state index in [1.807, 2.05) is 79.7 Å². The van der Waals surface area contributed by atoms with E-state index in [2.05, 4.69) is 10.6 Å². The quantitative estimate of drug-likeness (QED) is 0.481. The number of hydrogen-bond acceptors (Lipinski definition) is 5. The maximum atomic E-state index is 11.9. The first-order valence-electron chi connectivity index (χ1n) is 10.1. The standard InChI is InChI=1S/C25H26N2O4/c1-19(20-8-4-2-5-9-20)16-26-24(28)17-31-25(29)18-30-23-14-12-22(13-15-23)27-21-10-6-3-7-11-21/h2-15,19,27H,16-18H2,1H3,(H,26,28)/t19-/m0/s1. The van der Waals surface area contributed by atoms with Gasteiger partial charge in [-0.3, -0.25) is 4.79 Å². The van der Waals surface area contributed by atoms with Crippen molar-refractivity contribution in [1.29, 1.82) is 0 Å². The molecule has 31 heavy (non-hydrogen) atoms. The first-order chi connectivity index (χ1) is 15.1. The molecule has 160 valence electrons. The summed E-state index contributed by atoms with van der Waals surface area (Å²) in [6, 6.07) is 26.9. The molecule has 3 aromatic carbocycles. The van der Waals surface area contributed by atoms with Crippen molar-refractivity contribution < 1.29 is 19.1 Å². The Balaban J connectivity index is 1.33. The number of esters is 1. The number of ether oxygens (including phenoxy) is 2. The third kappa shape index (κ3) is 7.51. The molecule has 0 aliphatic heterocycles. The number of carbonyl (C=O) groups is 2. The molecule has 1 amide bonds. The lowest BCUT2D eigenvalue weighted by Crippen LogP contribution is -2.32. The molecule has 2 N–H and O–H groups in total. The Hall–Kier alpha value is -3.80. The van der Waals surface area contributed by atoms with Crippen molar-refractivity contribution in [2.45, 2.75) is 12.8 Å². The zero-order chi connectivity index (χ0) is 21.9. The van der Waals surface area contributed by atoms with Crippen LogP contribution in [-0.2, 0) is 14.3 Å². The normalized spacial score (nSPS) is 11.3. The maximum Gasteiger partial charge on any atom is 0.344 e. The van der Waals surface area contributed by atoms with Crippen molar-refractivity contribution in [2.75, 3.05) is 25.1 Å². The Bertz CT molecular complexity index is 960. The summed E-state index contributed by atoms with van der Waals surface area (Å²) in [5.41, 5.74) is 3.02. The van der Waals surface area contributed by atoms with Gasteiger partial charge in [-0.05, 0) is 47.9 Å². The van der Waals surface area contributed by atoms with E-state index in [0.29, 0.717) is 12.3 Å². The highest BCUT2D eigenvalue weighted by Crippen LogP contribution is 2.19. The lowest BCUT2D eigenvalue weighted by molar-refractivity contribution is -0.150. The van der Waals surface area contributed by atoms with E-state index in [1.54, 1.807) is 12.1 Å². The second-order valence-corrected chi connectivity index (χ2v) is 7.08. The van der Waals surface area contributed by atoms with E-state index >= 15 is 0 Å². The van der Waals surface area contributed by atoms with Gasteiger partial charge in [0.2, 0.25) is 0 Å². The van der Waals surface area contributed by atoms with Gasteiger partial charge in [0, 0.05) is 17.9 Å². The SMILES string of the molecule is C[C@@H](CNC(=O)COC(=O)COc1ccc(Nc2ccccc2)cc1)c1ccccc1. The van der Waals surface area contributed by atoms with Crippen molar-refractivity contribution >= 4 is 23.3 Å². The van der Waals surface area contributed by atoms with Crippen LogP contribution in [0.5, 0.6) is 5.75 Å². The fraction of sp³-hybridized carbons (Fsp3) is 0.200. The molecule has 0 saturated heterocycles. The van der Waals surface area contributed by atoms with Crippen LogP contribution in [0, 0.1) is 0 Å². The third-order valence-corrected chi connectivity index (χ3v) is 4.61. The summed E-state index contributed by atoms with van der Waals surface area (Å²) in [5, 5.41) is 6.04. The van der Waals surface area contributed by atoms with Crippen LogP contribution in [0.3, 0.4) is 0 Å². The Morgan fingerprint density at radius 2 is 1.42 bits per heavy atom. The summed E-state index contributed by atoms with van der Waals surface area (Å²) >= 11 is 0. The van der Waals surface area contributed by atoms with E-state index in [-0.39, 0.29) is 25.0 Å². The second-order valence-electron chi connectivity index (χ2n) is 7.08. The van der Waals surface area contributed by atoms with Gasteiger partial charge in [0.05, 0.1) is 0 Å². The lowest BCUT2D eigenvalue weighted by Gasteiger charge is -2.13. The van der Waals surface area contributed by atoms with Crippen LogP contribution in [0.1, 0.15) is 18.4 Å². The molecule has 0 radical (unpaired) electrons. The van der Waals surface area contributed by atoms with Gasteiger partial charge in [-0.25, -0.2) is 4.79 Å². The number of para-hydroxylation sites is 1. The van der Waals surface area contributed by atoms with E-state index in [9.17, 15) is 9.59 Å². The Labute approximate surface area is 182 Å². The highest BCUT2D eigenvalue weighted by Gasteiger charge is 2.11. The van der Waals surface area contributed by atoms with Crippen molar-refractivity contribution in [3.8, 4) is 5.75 Å². The van der Waals surface area contributed by atoms with Crippen LogP contribution in [0.15, 0.2) is 84.9 Å². The monoisotopic (exact) mass is 418 g/mol. The smallest absolute Gasteiger partial charge is 0.344 e. The summed E-state index contributed by atoms with van der Waals surface area (Å²) < 4.78 is 10.4. The van der Waals surface area contributed by atoms with Gasteiger partial charge >= 0.3 is 5.97 Å². The fourth-order valence-corrected chi connectivity index (χ4v) is 2.87. The van der Waals surface area contributed by atoms with Gasteiger partial charge in [0.15, 0.2) is 13.2 Å². The molecular formula is C25H26N2O4. The molecule has 0 unspecified atom stereocenters. The van der Waals surface area contributed by atoms with Gasteiger partial charge in [0.1, 0.15) is 5.75 Å². The number of hydrogen-bond donors (Lipinski definition) is 2. The van der Waals surface area contributed by atoms with Crippen LogP contribution in [0.4, 0.5) is 11.4 Å². The highest BCUT2D eigenvalue weighted by molar-refractivity contribution is 5.81. The van der Waals surface area contributed by atoms with Crippen molar-refractivity contribution in [2.24, 2.45) is 0 Å². The fourth-order valence-electron chi connectivity index (χ4n) is 2.87. The average molecular weight is 418 g/mol. The Morgan fingerprint density at radius 1 is 0.806 bits per heavy atom. The van der Waals surface area contributed by atoms with Crippen molar-refractivity contribution in [3.63, 3.8) is 0 Å². The number of rotatable bonds is 10. The second kappa shape index (κ2) is 11.4. The molecule has 0 bridgehead atoms. The van der Waals surface area contributed by atoms with Gasteiger partial charge in [0.25, 0.3) is 5.91 Å². The molecule has 0 saturated carbocycles. The van der Waals surface area contributed by atoms with Gasteiger partial charge in [-0.2, -0.15) is 0 Å². The molecule has 0 heterocycles. The number of nitrogens with one attached hydrogen (secondary N) is 2. The van der Waals surface area contributed by atoms with Gasteiger partial charge < -0.3 is 20.1 Å². The number of carbonyl (C=O) groups excluding carboxylic acids is 2. The molecule has 3 aromatic rings. The molecule has 1 atom stereocenters. The zero-order valence-corrected chi connectivity index (χ0v) is 17.4. The van der Waals surface area contributed by atoms with E-state index < -0.39 is 5.97 Å². The minimum Gasteiger partial charge on any atom is -0.482 e. The van der Waals surface area contributed by atoms with E-state index in [0.717, 1.165) is 16.9 Å². The summed E-state index contributed by atoms with van der Waals surface area (Å²) in [6.07, 6.45) is 0. The molecule has 6 heteroatoms. The molecular weight excluding hydrogens is 392 g/mol. The minimum atomic E-state index is -0.599. The van der Waals surface area contributed by atoms with Crippen molar-refractivity contribution in [1.82, 2.24) is 5.32 Å². The number of amides is 1. The molecule has 6 nitrogen and oxygen atoms in total. The van der Waals surface area contributed by atoms with Crippen LogP contribution < -0.4 is 15.4 Å². The first-order valence-corrected chi connectivity index (χ1v) is 10.1. The molecule has 3 rings (SSSR count). The zero-order valence-electron chi connectivity index (χ0n) is 17.4. The lowest BCUT2D eigenvalue weighted by atomic mass is 10.0. The first kappa shape index (κ1) is 21.9. The van der Waals surface area contributed by atoms with Crippen LogP contribution in [-0.4, -0.2) is 31.6 Å². The predicted molar refractivity (Wildman–Crippen MR) is 120 cm³/mol. The summed E-state index contributed by atoms with van der Waals surface area (Å²) in [5.74, 6) is -0.231. The topological polar surface area (TPSA) is 76.7 Å². The largest absolute Gasteiger partial charge is 0.482 e. The van der Waals surface area contributed by atoms with Crippen LogP contribution >= 0.6 is 0 Å². The van der Waals surface area contributed by atoms with Crippen LogP contribution in [0.25, 0.3) is 0 Å². The summed E-state index contributed by atoms with van der Waals surface area (Å²) in [4.78, 5) is 23.8. The average Bonchev–Trinajstić information content (AvgIpc) is 2.82. The Morgan fingerprint density at radius 3 is 2.10 bits per heavy atom. The predicted octanol–water partition coefficient (Wildman–Crippen LogP) is 4.27. The maximum absolute atomic E-state index is 11.9. The third-order valence-electron chi connectivity index (χ3n) is 4.61. The molecule has 0 spiro atoms. The van der Waals surface area contributed by atoms with E-state index in [1.165, 1.54) is 0 Å². The minimum absolute atomic E-state index is 0.170. The van der Waals surface area contributed by atoms with Gasteiger partial charge in [-0.15, -0.1) is 0 Å². The van der Waals surface area contributed by atoms with Crippen LogP contribution in [0.2, 0.25) is 0 Å². The van der Waals surface area contributed by atoms with Crippen molar-refractivity contribution in [3.05, 3.63) is 90.5 Å². The number of anilines is 2. The van der Waals surface area contributed by atoms with E-state index in [4.69, 9.17) is 9.47 Å². The molecule has 0 aliphatic rings. The molecule has 0 fully saturated rings. The summed E-state index contributed by atoms with van der Waals surface area (Å²) in [7, 11) is 0. The number of benzene rings is 3. The highest BCUT2D eigenvalue weighted by atomic mass is 16.6. The molecule has 0 aliphatic carbocycles. The summed E-state index contributed by atoms with van der Waals surface area (Å²) in [6.45, 7) is 1.90. The molecule has 0 aromatic heterocycles.